The van der Waals surface area contributed by atoms with E-state index in [-0.39, 0.29) is 6.61 Å². The topological polar surface area (TPSA) is 84.5 Å². The van der Waals surface area contributed by atoms with Crippen molar-refractivity contribution in [2.45, 2.75) is 0 Å². The minimum Gasteiger partial charge on any atom is -0.395 e. The first kappa shape index (κ1) is 11.7. The van der Waals surface area contributed by atoms with Gasteiger partial charge in [0.05, 0.1) is 25.1 Å². The summed E-state index contributed by atoms with van der Waals surface area (Å²) in [5.41, 5.74) is 6.24. The molecule has 6 heteroatoms. The molecule has 84 valence electrons. The maximum Gasteiger partial charge on any atom is 0.155 e. The second-order valence-electron chi connectivity index (χ2n) is 3.01. The molecule has 0 spiro atoms. The molecule has 0 atom stereocenters. The van der Waals surface area contributed by atoms with E-state index < -0.39 is 0 Å². The van der Waals surface area contributed by atoms with Crippen LogP contribution in [0.2, 0.25) is 0 Å². The molecular weight excluding hydrogens is 196 g/mol. The van der Waals surface area contributed by atoms with Crippen molar-refractivity contribution in [2.24, 2.45) is 0 Å². The first-order valence-corrected chi connectivity index (χ1v) is 4.69. The SMILES string of the molecule is COCCN(CCO)c1ncncc1N. The Hall–Kier alpha value is -1.40. The van der Waals surface area contributed by atoms with Gasteiger partial charge in [-0.25, -0.2) is 9.97 Å². The number of methoxy groups -OCH3 is 1. The molecule has 6 nitrogen and oxygen atoms in total. The minimum absolute atomic E-state index is 0.0488. The van der Waals surface area contributed by atoms with E-state index in [1.165, 1.54) is 6.33 Å². The molecule has 0 aromatic carbocycles. The number of ether oxygens (including phenoxy) is 1. The fourth-order valence-corrected chi connectivity index (χ4v) is 1.24. The smallest absolute Gasteiger partial charge is 0.155 e. The van der Waals surface area contributed by atoms with Gasteiger partial charge in [-0.05, 0) is 0 Å². The molecule has 0 radical (unpaired) electrons. The molecule has 0 fully saturated rings. The minimum atomic E-state index is 0.0488. The van der Waals surface area contributed by atoms with Crippen LogP contribution in [-0.2, 0) is 4.74 Å². The van der Waals surface area contributed by atoms with E-state index in [4.69, 9.17) is 15.6 Å². The van der Waals surface area contributed by atoms with Crippen molar-refractivity contribution in [3.05, 3.63) is 12.5 Å². The molecule has 0 aliphatic rings. The lowest BCUT2D eigenvalue weighted by atomic mass is 10.4. The molecule has 1 aromatic heterocycles. The van der Waals surface area contributed by atoms with Crippen LogP contribution in [0.1, 0.15) is 0 Å². The number of anilines is 2. The molecule has 0 saturated carbocycles. The lowest BCUT2D eigenvalue weighted by molar-refractivity contribution is 0.202. The number of aromatic nitrogens is 2. The number of nitrogen functional groups attached to an aromatic ring is 1. The number of rotatable bonds is 6. The number of hydrogen-bond donors (Lipinski definition) is 2. The summed E-state index contributed by atoms with van der Waals surface area (Å²) in [5, 5.41) is 8.92. The van der Waals surface area contributed by atoms with Gasteiger partial charge in [0.15, 0.2) is 5.82 Å². The molecular formula is C9H16N4O2. The molecule has 0 unspecified atom stereocenters. The monoisotopic (exact) mass is 212 g/mol. The average Bonchev–Trinajstić information content (AvgIpc) is 2.25. The van der Waals surface area contributed by atoms with Crippen LogP contribution in [0.4, 0.5) is 11.5 Å². The Morgan fingerprint density at radius 2 is 2.33 bits per heavy atom. The Kier molecular flexibility index (Phi) is 4.79. The van der Waals surface area contributed by atoms with Gasteiger partial charge in [0.25, 0.3) is 0 Å². The number of nitrogens with two attached hydrogens (primary N) is 1. The summed E-state index contributed by atoms with van der Waals surface area (Å²) in [6.07, 6.45) is 2.97. The highest BCUT2D eigenvalue weighted by Crippen LogP contribution is 2.17. The van der Waals surface area contributed by atoms with Gasteiger partial charge in [-0.15, -0.1) is 0 Å². The largest absolute Gasteiger partial charge is 0.395 e. The zero-order valence-electron chi connectivity index (χ0n) is 8.76. The maximum absolute atomic E-state index is 8.92. The Labute approximate surface area is 88.7 Å². The zero-order chi connectivity index (χ0) is 11.1. The van der Waals surface area contributed by atoms with Crippen molar-refractivity contribution in [1.29, 1.82) is 0 Å². The summed E-state index contributed by atoms with van der Waals surface area (Å²) in [4.78, 5) is 9.75. The molecule has 0 saturated heterocycles. The van der Waals surface area contributed by atoms with Gasteiger partial charge >= 0.3 is 0 Å². The summed E-state index contributed by atoms with van der Waals surface area (Å²) in [5.74, 6) is 0.635. The highest BCUT2D eigenvalue weighted by molar-refractivity contribution is 5.60. The lowest BCUT2D eigenvalue weighted by Gasteiger charge is -2.23. The van der Waals surface area contributed by atoms with Crippen molar-refractivity contribution in [3.63, 3.8) is 0 Å². The first-order chi connectivity index (χ1) is 7.29. The molecule has 0 aliphatic heterocycles. The van der Waals surface area contributed by atoms with Crippen LogP contribution >= 0.6 is 0 Å². The van der Waals surface area contributed by atoms with Gasteiger partial charge in [-0.2, -0.15) is 0 Å². The highest BCUT2D eigenvalue weighted by Gasteiger charge is 2.10. The summed E-state index contributed by atoms with van der Waals surface area (Å²) in [6, 6.07) is 0. The van der Waals surface area contributed by atoms with Crippen molar-refractivity contribution in [1.82, 2.24) is 9.97 Å². The Morgan fingerprint density at radius 3 is 2.93 bits per heavy atom. The van der Waals surface area contributed by atoms with E-state index in [0.29, 0.717) is 31.2 Å². The maximum atomic E-state index is 8.92. The number of nitrogens with zero attached hydrogens (tertiary/aromatic N) is 3. The molecule has 1 heterocycles. The number of aliphatic hydroxyl groups excluding tert-OH is 1. The zero-order valence-corrected chi connectivity index (χ0v) is 8.76. The fraction of sp³-hybridized carbons (Fsp3) is 0.556. The van der Waals surface area contributed by atoms with Crippen molar-refractivity contribution >= 4 is 11.5 Å². The van der Waals surface area contributed by atoms with Crippen LogP contribution in [-0.4, -0.2) is 48.5 Å². The van der Waals surface area contributed by atoms with Crippen molar-refractivity contribution in [2.75, 3.05) is 44.0 Å². The molecule has 0 amide bonds. The van der Waals surface area contributed by atoms with Crippen molar-refractivity contribution in [3.8, 4) is 0 Å². The van der Waals surface area contributed by atoms with Crippen LogP contribution in [0.3, 0.4) is 0 Å². The number of aliphatic hydroxyl groups is 1. The predicted molar refractivity (Wildman–Crippen MR) is 57.6 cm³/mol. The van der Waals surface area contributed by atoms with E-state index >= 15 is 0 Å². The van der Waals surface area contributed by atoms with Crippen LogP contribution in [0, 0.1) is 0 Å². The van der Waals surface area contributed by atoms with Gasteiger partial charge in [-0.3, -0.25) is 0 Å². The number of hydrogen-bond acceptors (Lipinski definition) is 6. The quantitative estimate of drug-likeness (QED) is 0.661. The summed E-state index contributed by atoms with van der Waals surface area (Å²) < 4.78 is 4.97. The first-order valence-electron chi connectivity index (χ1n) is 4.69. The summed E-state index contributed by atoms with van der Waals surface area (Å²) >= 11 is 0. The molecule has 1 rings (SSSR count). The molecule has 15 heavy (non-hydrogen) atoms. The fourth-order valence-electron chi connectivity index (χ4n) is 1.24. The second kappa shape index (κ2) is 6.15. The lowest BCUT2D eigenvalue weighted by Crippen LogP contribution is -2.31. The van der Waals surface area contributed by atoms with Gasteiger partial charge in [0.1, 0.15) is 6.33 Å². The van der Waals surface area contributed by atoms with Crippen LogP contribution in [0.15, 0.2) is 12.5 Å². The normalized spacial score (nSPS) is 10.3. The Balaban J connectivity index is 2.74. The summed E-state index contributed by atoms with van der Waals surface area (Å²) in [6.45, 7) is 1.72. The van der Waals surface area contributed by atoms with E-state index in [9.17, 15) is 0 Å². The highest BCUT2D eigenvalue weighted by atomic mass is 16.5. The Bertz CT molecular complexity index is 295. The van der Waals surface area contributed by atoms with E-state index in [1.807, 2.05) is 4.90 Å². The van der Waals surface area contributed by atoms with Crippen LogP contribution in [0.25, 0.3) is 0 Å². The third-order valence-electron chi connectivity index (χ3n) is 1.95. The average molecular weight is 212 g/mol. The van der Waals surface area contributed by atoms with E-state index in [1.54, 1.807) is 13.3 Å². The van der Waals surface area contributed by atoms with E-state index in [2.05, 4.69) is 9.97 Å². The van der Waals surface area contributed by atoms with Crippen LogP contribution < -0.4 is 10.6 Å². The van der Waals surface area contributed by atoms with Gasteiger partial charge in [0.2, 0.25) is 0 Å². The van der Waals surface area contributed by atoms with Crippen LogP contribution in [0.5, 0.6) is 0 Å². The standard InChI is InChI=1S/C9H16N4O2/c1-15-5-3-13(2-4-14)9-8(10)6-11-7-12-9/h6-7,14H,2-5,10H2,1H3. The molecule has 1 aromatic rings. The van der Waals surface area contributed by atoms with Gasteiger partial charge in [0, 0.05) is 20.2 Å². The second-order valence-corrected chi connectivity index (χ2v) is 3.01. The van der Waals surface area contributed by atoms with E-state index in [0.717, 1.165) is 0 Å². The molecule has 0 bridgehead atoms. The molecule has 3 N–H and O–H groups in total. The summed E-state index contributed by atoms with van der Waals surface area (Å²) in [7, 11) is 1.63. The third-order valence-corrected chi connectivity index (χ3v) is 1.95. The van der Waals surface area contributed by atoms with Crippen molar-refractivity contribution < 1.29 is 9.84 Å². The third kappa shape index (κ3) is 3.34. The molecule has 0 aliphatic carbocycles. The predicted octanol–water partition coefficient (Wildman–Crippen LogP) is -0.496. The Morgan fingerprint density at radius 1 is 1.53 bits per heavy atom. The van der Waals surface area contributed by atoms with Gasteiger partial charge in [-0.1, -0.05) is 0 Å². The van der Waals surface area contributed by atoms with Gasteiger partial charge < -0.3 is 20.5 Å².